The Hall–Kier alpha value is -0.380. The fourth-order valence-corrected chi connectivity index (χ4v) is 10.1. The molecule has 34 heavy (non-hydrogen) atoms. The third-order valence-corrected chi connectivity index (χ3v) is 11.8. The highest BCUT2D eigenvalue weighted by molar-refractivity contribution is 5.28. The molecular formula is C31H52O3. The Labute approximate surface area is 209 Å². The van der Waals surface area contributed by atoms with Crippen LogP contribution in [-0.2, 0) is 9.47 Å². The molecule has 5 rings (SSSR count). The van der Waals surface area contributed by atoms with Crippen LogP contribution in [0.5, 0.6) is 0 Å². The number of rotatable bonds is 6. The van der Waals surface area contributed by atoms with E-state index in [1.165, 1.54) is 51.4 Å². The molecule has 0 aromatic rings. The van der Waals surface area contributed by atoms with Gasteiger partial charge in [0.25, 0.3) is 0 Å². The van der Waals surface area contributed by atoms with Crippen molar-refractivity contribution in [2.24, 2.45) is 52.3 Å². The van der Waals surface area contributed by atoms with Gasteiger partial charge >= 0.3 is 0 Å². The second kappa shape index (κ2) is 9.82. The molecule has 5 aliphatic rings. The van der Waals surface area contributed by atoms with Crippen molar-refractivity contribution in [1.29, 1.82) is 0 Å². The summed E-state index contributed by atoms with van der Waals surface area (Å²) in [5, 5.41) is 10.8. The van der Waals surface area contributed by atoms with Crippen LogP contribution in [0.15, 0.2) is 11.6 Å². The average molecular weight is 473 g/mol. The number of ether oxygens (including phenoxy) is 2. The van der Waals surface area contributed by atoms with Crippen LogP contribution in [0.25, 0.3) is 0 Å². The fraction of sp³-hybridized carbons (Fsp3) is 0.935. The number of hydrogen-bond acceptors (Lipinski definition) is 3. The van der Waals surface area contributed by atoms with Crippen molar-refractivity contribution in [2.75, 3.05) is 19.8 Å². The Kier molecular flexibility index (Phi) is 7.30. The van der Waals surface area contributed by atoms with E-state index >= 15 is 0 Å². The summed E-state index contributed by atoms with van der Waals surface area (Å²) in [7, 11) is 0. The van der Waals surface area contributed by atoms with E-state index in [1.54, 1.807) is 5.57 Å². The molecule has 0 spiro atoms. The lowest BCUT2D eigenvalue weighted by molar-refractivity contribution is -0.163. The van der Waals surface area contributed by atoms with Crippen molar-refractivity contribution < 1.29 is 14.6 Å². The lowest BCUT2D eigenvalue weighted by Crippen LogP contribution is -2.57. The summed E-state index contributed by atoms with van der Waals surface area (Å²) < 4.78 is 12.2. The highest BCUT2D eigenvalue weighted by Gasteiger charge is 2.61. The van der Waals surface area contributed by atoms with Crippen molar-refractivity contribution in [3.8, 4) is 0 Å². The lowest BCUT2D eigenvalue weighted by atomic mass is 9.44. The number of fused-ring (bicyclic) bond motifs is 5. The summed E-state index contributed by atoms with van der Waals surface area (Å²) in [5.41, 5.74) is 2.23. The third kappa shape index (κ3) is 4.24. The Morgan fingerprint density at radius 2 is 1.85 bits per heavy atom. The van der Waals surface area contributed by atoms with Crippen LogP contribution in [0.2, 0.25) is 0 Å². The summed E-state index contributed by atoms with van der Waals surface area (Å²) in [6.07, 6.45) is 15.4. The van der Waals surface area contributed by atoms with Crippen molar-refractivity contribution in [3.05, 3.63) is 11.6 Å². The van der Waals surface area contributed by atoms with Gasteiger partial charge in [0.2, 0.25) is 0 Å². The Balaban J connectivity index is 1.37. The topological polar surface area (TPSA) is 38.7 Å². The van der Waals surface area contributed by atoms with Gasteiger partial charge in [-0.2, -0.15) is 0 Å². The molecule has 194 valence electrons. The van der Waals surface area contributed by atoms with Gasteiger partial charge in [0.1, 0.15) is 0 Å². The first-order valence-electron chi connectivity index (χ1n) is 14.8. The zero-order chi connectivity index (χ0) is 24.1. The predicted octanol–water partition coefficient (Wildman–Crippen LogP) is 7.03. The van der Waals surface area contributed by atoms with Crippen molar-refractivity contribution >= 4 is 0 Å². The predicted molar refractivity (Wildman–Crippen MR) is 138 cm³/mol. The van der Waals surface area contributed by atoms with Crippen LogP contribution in [0.4, 0.5) is 0 Å². The molecule has 4 fully saturated rings. The second-order valence-corrected chi connectivity index (χ2v) is 13.8. The van der Waals surface area contributed by atoms with Gasteiger partial charge in [-0.3, -0.25) is 0 Å². The van der Waals surface area contributed by atoms with Gasteiger partial charge < -0.3 is 14.6 Å². The highest BCUT2D eigenvalue weighted by atomic mass is 16.6. The summed E-state index contributed by atoms with van der Waals surface area (Å²) in [6.45, 7) is 14.7. The van der Waals surface area contributed by atoms with E-state index in [-0.39, 0.29) is 17.6 Å². The molecule has 2 unspecified atom stereocenters. The quantitative estimate of drug-likeness (QED) is 0.422. The zero-order valence-electron chi connectivity index (χ0n) is 22.7. The fourth-order valence-electron chi connectivity index (χ4n) is 10.1. The van der Waals surface area contributed by atoms with Gasteiger partial charge in [-0.05, 0) is 97.2 Å². The summed E-state index contributed by atoms with van der Waals surface area (Å²) in [6, 6.07) is 0. The van der Waals surface area contributed by atoms with Crippen LogP contribution in [0, 0.1) is 52.3 Å². The van der Waals surface area contributed by atoms with Gasteiger partial charge in [-0.15, -0.1) is 0 Å². The molecule has 1 aliphatic heterocycles. The van der Waals surface area contributed by atoms with E-state index in [9.17, 15) is 5.11 Å². The molecule has 0 bridgehead atoms. The van der Waals surface area contributed by atoms with Crippen molar-refractivity contribution in [3.63, 3.8) is 0 Å². The molecule has 1 heterocycles. The normalized spacial score (nSPS) is 47.5. The molecule has 0 aromatic carbocycles. The maximum Gasteiger partial charge on any atom is 0.0847 e. The van der Waals surface area contributed by atoms with Crippen LogP contribution in [0.3, 0.4) is 0 Å². The number of hydrogen-bond donors (Lipinski definition) is 1. The first kappa shape index (κ1) is 25.3. The molecule has 3 nitrogen and oxygen atoms in total. The lowest BCUT2D eigenvalue weighted by Gasteiger charge is -2.61. The van der Waals surface area contributed by atoms with Crippen LogP contribution in [0.1, 0.15) is 98.8 Å². The van der Waals surface area contributed by atoms with E-state index in [0.29, 0.717) is 31.2 Å². The molecule has 0 amide bonds. The molecule has 0 radical (unpaired) electrons. The first-order valence-corrected chi connectivity index (χ1v) is 14.8. The molecule has 0 aromatic heterocycles. The minimum absolute atomic E-state index is 0.140. The van der Waals surface area contributed by atoms with E-state index in [1.807, 2.05) is 0 Å². The maximum atomic E-state index is 10.8. The Morgan fingerprint density at radius 1 is 1.03 bits per heavy atom. The van der Waals surface area contributed by atoms with Gasteiger partial charge in [0.15, 0.2) is 0 Å². The Bertz CT molecular complexity index is 739. The van der Waals surface area contributed by atoms with Crippen molar-refractivity contribution in [1.82, 2.24) is 0 Å². The second-order valence-electron chi connectivity index (χ2n) is 13.8. The molecule has 3 heteroatoms. The number of allylic oxidation sites excluding steroid dienone is 1. The monoisotopic (exact) mass is 472 g/mol. The van der Waals surface area contributed by atoms with E-state index in [4.69, 9.17) is 9.47 Å². The van der Waals surface area contributed by atoms with E-state index in [2.05, 4.69) is 40.7 Å². The zero-order valence-corrected chi connectivity index (χ0v) is 22.7. The van der Waals surface area contributed by atoms with Gasteiger partial charge in [0.05, 0.1) is 32.0 Å². The van der Waals surface area contributed by atoms with E-state index in [0.717, 1.165) is 48.3 Å². The minimum Gasteiger partial charge on any atom is -0.393 e. The summed E-state index contributed by atoms with van der Waals surface area (Å²) >= 11 is 0. The van der Waals surface area contributed by atoms with Crippen LogP contribution in [-0.4, -0.2) is 37.1 Å². The third-order valence-electron chi connectivity index (χ3n) is 11.8. The highest BCUT2D eigenvalue weighted by Crippen LogP contribution is 2.68. The minimum atomic E-state index is -0.220. The molecular weight excluding hydrogens is 420 g/mol. The van der Waals surface area contributed by atoms with Crippen molar-refractivity contribution in [2.45, 2.75) is 111 Å². The summed E-state index contributed by atoms with van der Waals surface area (Å²) in [4.78, 5) is 0. The van der Waals surface area contributed by atoms with Crippen LogP contribution >= 0.6 is 0 Å². The largest absolute Gasteiger partial charge is 0.393 e. The standard InChI is InChI=1S/C31H52O3/c1-20(2)7-6-8-21(3)25-11-12-26-24-10-9-22-17-23(32)18-28(29-19-33-15-16-34-29)31(22,5)27(24)13-14-30(25,26)4/h9,20-21,23-29,32H,6-8,10-19H2,1-5H3/t21-,23-,24+,25-,26+,27+,28?,29?,30-,31+/m1/s1. The SMILES string of the molecule is CC(C)CCC[C@@H](C)[C@H]1CC[C@H]2[C@@H]3CC=C4C[C@@H](O)CC(C5COCCO5)[C@]4(C)[C@H]3CC[C@]12C. The first-order chi connectivity index (χ1) is 16.2. The smallest absolute Gasteiger partial charge is 0.0847 e. The number of aliphatic hydroxyl groups is 1. The molecule has 4 aliphatic carbocycles. The maximum absolute atomic E-state index is 10.8. The van der Waals surface area contributed by atoms with Gasteiger partial charge in [0, 0.05) is 0 Å². The Morgan fingerprint density at radius 3 is 2.59 bits per heavy atom. The van der Waals surface area contributed by atoms with E-state index < -0.39 is 0 Å². The average Bonchev–Trinajstić information content (AvgIpc) is 3.16. The number of aliphatic hydroxyl groups excluding tert-OH is 1. The molecule has 1 saturated heterocycles. The molecule has 10 atom stereocenters. The van der Waals surface area contributed by atoms with Gasteiger partial charge in [-0.1, -0.05) is 65.5 Å². The molecule has 3 saturated carbocycles. The van der Waals surface area contributed by atoms with Gasteiger partial charge in [-0.25, -0.2) is 0 Å². The summed E-state index contributed by atoms with van der Waals surface area (Å²) in [5.74, 6) is 5.40. The molecule has 1 N–H and O–H groups in total. The van der Waals surface area contributed by atoms with Crippen LogP contribution < -0.4 is 0 Å².